The summed E-state index contributed by atoms with van der Waals surface area (Å²) in [6.07, 6.45) is -1.03. The molecule has 11 heteroatoms. The number of ether oxygens (including phenoxy) is 4. The van der Waals surface area contributed by atoms with Crippen molar-refractivity contribution in [2.24, 2.45) is 0 Å². The van der Waals surface area contributed by atoms with Gasteiger partial charge in [0.15, 0.2) is 0 Å². The fourth-order valence-corrected chi connectivity index (χ4v) is 2.30. The Labute approximate surface area is 191 Å². The molecule has 0 rings (SSSR count). The predicted octanol–water partition coefficient (Wildman–Crippen LogP) is 1.84. The summed E-state index contributed by atoms with van der Waals surface area (Å²) in [6, 6.07) is -0.707. The lowest BCUT2D eigenvalue weighted by atomic mass is 10.2. The molecule has 32 heavy (non-hydrogen) atoms. The smallest absolute Gasteiger partial charge is 0.407 e. The van der Waals surface area contributed by atoms with Gasteiger partial charge >= 0.3 is 18.2 Å². The number of aliphatic carboxylic acids is 1. The maximum Gasteiger partial charge on any atom is 0.407 e. The first-order valence-corrected chi connectivity index (χ1v) is 10.8. The fraction of sp³-hybridized carbons (Fsp3) is 0.857. The Hall–Kier alpha value is -2.11. The molecule has 0 fully saturated rings. The maximum absolute atomic E-state index is 11.5. The van der Waals surface area contributed by atoms with E-state index in [4.69, 9.17) is 18.9 Å². The van der Waals surface area contributed by atoms with Gasteiger partial charge in [-0.2, -0.15) is 0 Å². The van der Waals surface area contributed by atoms with Crippen LogP contribution in [0.1, 0.15) is 48.5 Å². The second-order valence-corrected chi connectivity index (χ2v) is 9.13. The number of carboxylic acid groups (broad SMARTS) is 1. The second kappa shape index (κ2) is 14.9. The minimum atomic E-state index is -0.941. The first-order valence-electron chi connectivity index (χ1n) is 10.8. The van der Waals surface area contributed by atoms with Crippen LogP contribution in [0.2, 0.25) is 0 Å². The molecule has 3 N–H and O–H groups in total. The molecule has 0 aliphatic heterocycles. The minimum Gasteiger partial charge on any atom is -0.480 e. The zero-order valence-electron chi connectivity index (χ0n) is 20.5. The number of nitrogens with zero attached hydrogens (tertiary/aromatic N) is 1. The van der Waals surface area contributed by atoms with Gasteiger partial charge < -0.3 is 34.7 Å². The van der Waals surface area contributed by atoms with Crippen LogP contribution in [0.3, 0.4) is 0 Å². The Kier molecular flexibility index (Phi) is 13.9. The van der Waals surface area contributed by atoms with E-state index in [9.17, 15) is 19.5 Å². The summed E-state index contributed by atoms with van der Waals surface area (Å²) in [5.41, 5.74) is -1.13. The minimum absolute atomic E-state index is 0.279. The third-order valence-corrected chi connectivity index (χ3v) is 3.78. The Morgan fingerprint density at radius 2 is 1.16 bits per heavy atom. The summed E-state index contributed by atoms with van der Waals surface area (Å²) >= 11 is 0. The third-order valence-electron chi connectivity index (χ3n) is 3.78. The molecule has 0 aliphatic carbocycles. The summed E-state index contributed by atoms with van der Waals surface area (Å²) in [6.45, 7) is 14.8. The lowest BCUT2D eigenvalue weighted by molar-refractivity contribution is -0.143. The van der Waals surface area contributed by atoms with Crippen LogP contribution in [0.4, 0.5) is 9.59 Å². The number of rotatable bonds is 14. The van der Waals surface area contributed by atoms with Gasteiger partial charge in [-0.15, -0.1) is 0 Å². The Bertz CT molecular complexity index is 532. The molecule has 0 aromatic rings. The second-order valence-electron chi connectivity index (χ2n) is 9.13. The molecule has 0 spiro atoms. The van der Waals surface area contributed by atoms with Gasteiger partial charge in [0, 0.05) is 26.2 Å². The Morgan fingerprint density at radius 3 is 1.47 bits per heavy atom. The van der Waals surface area contributed by atoms with Crippen molar-refractivity contribution in [2.75, 3.05) is 52.6 Å². The van der Waals surface area contributed by atoms with Gasteiger partial charge in [-0.05, 0) is 48.5 Å². The SMILES string of the molecule is C[C@@H](C(=O)O)N(CCOCCNC(=O)OC(C)(C)C)CCOCCNC(=O)OC(C)(C)C. The molecule has 0 heterocycles. The highest BCUT2D eigenvalue weighted by Gasteiger charge is 2.20. The molecule has 0 saturated carbocycles. The largest absolute Gasteiger partial charge is 0.480 e. The average Bonchev–Trinajstić information content (AvgIpc) is 2.61. The molecule has 0 aliphatic rings. The van der Waals surface area contributed by atoms with Gasteiger partial charge in [0.25, 0.3) is 0 Å². The normalized spacial score (nSPS) is 12.9. The van der Waals surface area contributed by atoms with E-state index in [0.717, 1.165) is 0 Å². The predicted molar refractivity (Wildman–Crippen MR) is 119 cm³/mol. The van der Waals surface area contributed by atoms with E-state index in [0.29, 0.717) is 26.3 Å². The average molecular weight is 464 g/mol. The highest BCUT2D eigenvalue weighted by molar-refractivity contribution is 5.72. The summed E-state index contributed by atoms with van der Waals surface area (Å²) in [7, 11) is 0. The van der Waals surface area contributed by atoms with Crippen molar-refractivity contribution in [3.8, 4) is 0 Å². The molecule has 0 saturated heterocycles. The number of nitrogens with one attached hydrogen (secondary N) is 2. The van der Waals surface area contributed by atoms with Crippen molar-refractivity contribution in [1.29, 1.82) is 0 Å². The first-order chi connectivity index (χ1) is 14.7. The molecule has 0 radical (unpaired) electrons. The number of alkyl carbamates (subject to hydrolysis) is 2. The lowest BCUT2D eigenvalue weighted by Gasteiger charge is -2.26. The van der Waals surface area contributed by atoms with E-state index in [1.807, 2.05) is 0 Å². The fourth-order valence-electron chi connectivity index (χ4n) is 2.30. The van der Waals surface area contributed by atoms with Crippen LogP contribution in [0.5, 0.6) is 0 Å². The Balaban J connectivity index is 4.08. The van der Waals surface area contributed by atoms with Crippen molar-refractivity contribution in [1.82, 2.24) is 15.5 Å². The van der Waals surface area contributed by atoms with Crippen LogP contribution < -0.4 is 10.6 Å². The topological polar surface area (TPSA) is 136 Å². The van der Waals surface area contributed by atoms with Crippen molar-refractivity contribution in [2.45, 2.75) is 65.7 Å². The Morgan fingerprint density at radius 1 is 0.781 bits per heavy atom. The number of carboxylic acids is 1. The highest BCUT2D eigenvalue weighted by atomic mass is 16.6. The van der Waals surface area contributed by atoms with E-state index in [1.165, 1.54) is 0 Å². The van der Waals surface area contributed by atoms with Crippen LogP contribution >= 0.6 is 0 Å². The van der Waals surface area contributed by atoms with Crippen molar-refractivity contribution in [3.63, 3.8) is 0 Å². The summed E-state index contributed by atoms with van der Waals surface area (Å²) in [5, 5.41) is 14.5. The lowest BCUT2D eigenvalue weighted by Crippen LogP contribution is -2.43. The highest BCUT2D eigenvalue weighted by Crippen LogP contribution is 2.07. The van der Waals surface area contributed by atoms with E-state index in [2.05, 4.69) is 10.6 Å². The third kappa shape index (κ3) is 17.6. The van der Waals surface area contributed by atoms with Gasteiger partial charge in [-0.1, -0.05) is 0 Å². The summed E-state index contributed by atoms with van der Waals surface area (Å²) in [4.78, 5) is 36.2. The zero-order valence-corrected chi connectivity index (χ0v) is 20.5. The van der Waals surface area contributed by atoms with E-state index in [1.54, 1.807) is 53.4 Å². The first kappa shape index (κ1) is 29.9. The van der Waals surface area contributed by atoms with Gasteiger partial charge in [0.1, 0.15) is 17.2 Å². The number of hydrogen-bond acceptors (Lipinski definition) is 8. The molecule has 0 aromatic heterocycles. The van der Waals surface area contributed by atoms with Gasteiger partial charge in [-0.25, -0.2) is 9.59 Å². The molecular formula is C21H41N3O8. The summed E-state index contributed by atoms with van der Waals surface area (Å²) < 4.78 is 21.2. The summed E-state index contributed by atoms with van der Waals surface area (Å²) in [5.74, 6) is -0.941. The van der Waals surface area contributed by atoms with E-state index >= 15 is 0 Å². The molecule has 2 amide bonds. The van der Waals surface area contributed by atoms with Crippen LogP contribution in [-0.2, 0) is 23.7 Å². The molecule has 188 valence electrons. The van der Waals surface area contributed by atoms with Crippen LogP contribution in [-0.4, -0.2) is 98.0 Å². The van der Waals surface area contributed by atoms with Crippen molar-refractivity contribution < 1.29 is 38.4 Å². The van der Waals surface area contributed by atoms with Crippen LogP contribution in [0.25, 0.3) is 0 Å². The maximum atomic E-state index is 11.5. The van der Waals surface area contributed by atoms with Crippen LogP contribution in [0.15, 0.2) is 0 Å². The molecule has 0 bridgehead atoms. The van der Waals surface area contributed by atoms with Crippen LogP contribution in [0, 0.1) is 0 Å². The van der Waals surface area contributed by atoms with Crippen molar-refractivity contribution >= 4 is 18.2 Å². The van der Waals surface area contributed by atoms with Crippen molar-refractivity contribution in [3.05, 3.63) is 0 Å². The molecule has 0 aromatic carbocycles. The van der Waals surface area contributed by atoms with Gasteiger partial charge in [-0.3, -0.25) is 9.69 Å². The quantitative estimate of drug-likeness (QED) is 0.330. The number of carbonyl (C=O) groups is 3. The van der Waals surface area contributed by atoms with E-state index in [-0.39, 0.29) is 26.3 Å². The molecule has 11 nitrogen and oxygen atoms in total. The molecule has 1 atom stereocenters. The number of amides is 2. The number of carbonyl (C=O) groups excluding carboxylic acids is 2. The zero-order chi connectivity index (χ0) is 24.8. The standard InChI is InChI=1S/C21H41N3O8/c1-16(17(25)26)24(10-14-29-12-8-22-18(27)31-20(2,3)4)11-15-30-13-9-23-19(28)32-21(5,6)7/h16H,8-15H2,1-7H3,(H,22,27)(H,23,28)(H,25,26)/t16-/m0/s1. The van der Waals surface area contributed by atoms with Gasteiger partial charge in [0.05, 0.1) is 26.4 Å². The molecule has 0 unspecified atom stereocenters. The molecular weight excluding hydrogens is 422 g/mol. The van der Waals surface area contributed by atoms with Gasteiger partial charge in [0.2, 0.25) is 0 Å². The number of hydrogen-bond donors (Lipinski definition) is 3. The van der Waals surface area contributed by atoms with E-state index < -0.39 is 35.4 Å². The monoisotopic (exact) mass is 463 g/mol.